The summed E-state index contributed by atoms with van der Waals surface area (Å²) in [6.45, 7) is 4.05. The lowest BCUT2D eigenvalue weighted by atomic mass is 10.1. The number of nitrogens with zero attached hydrogens (tertiary/aromatic N) is 2. The fourth-order valence-corrected chi connectivity index (χ4v) is 2.84. The monoisotopic (exact) mass is 308 g/mol. The molecule has 0 atom stereocenters. The molecule has 0 bridgehead atoms. The largest absolute Gasteiger partial charge is 0.441 e. The molecule has 0 aliphatic heterocycles. The fourth-order valence-electron chi connectivity index (χ4n) is 2.34. The Hall–Kier alpha value is -1.45. The average molecular weight is 309 g/mol. The molecule has 0 N–H and O–H groups in total. The Morgan fingerprint density at radius 2 is 2.05 bits per heavy atom. The van der Waals surface area contributed by atoms with Crippen LogP contribution in [0.3, 0.4) is 0 Å². The molecule has 2 heterocycles. The van der Waals surface area contributed by atoms with Crippen LogP contribution in [0.15, 0.2) is 28.7 Å². The van der Waals surface area contributed by atoms with Crippen LogP contribution in [0.4, 0.5) is 0 Å². The zero-order valence-corrected chi connectivity index (χ0v) is 12.8. The van der Waals surface area contributed by atoms with Crippen molar-refractivity contribution in [3.05, 3.63) is 45.8 Å². The van der Waals surface area contributed by atoms with E-state index in [0.717, 1.165) is 41.3 Å². The van der Waals surface area contributed by atoms with E-state index in [1.165, 1.54) is 0 Å². The van der Waals surface area contributed by atoms with E-state index in [0.29, 0.717) is 10.0 Å². The van der Waals surface area contributed by atoms with Gasteiger partial charge >= 0.3 is 0 Å². The average Bonchev–Trinajstić information content (AvgIpc) is 2.87. The Kier molecular flexibility index (Phi) is 3.48. The van der Waals surface area contributed by atoms with Crippen molar-refractivity contribution < 1.29 is 4.42 Å². The highest BCUT2D eigenvalue weighted by molar-refractivity contribution is 6.36. The minimum absolute atomic E-state index is 0.603. The molecule has 0 fully saturated rings. The van der Waals surface area contributed by atoms with Crippen molar-refractivity contribution in [3.63, 3.8) is 0 Å². The molecule has 1 aromatic carbocycles. The van der Waals surface area contributed by atoms with Crippen molar-refractivity contribution in [1.29, 1.82) is 0 Å². The first-order chi connectivity index (χ1) is 9.60. The van der Waals surface area contributed by atoms with E-state index in [1.807, 2.05) is 29.6 Å². The molecule has 0 aliphatic rings. The fraction of sp³-hybridized carbons (Fsp3) is 0.267. The third-order valence-corrected chi connectivity index (χ3v) is 3.71. The minimum atomic E-state index is 0.603. The molecule has 0 saturated carbocycles. The molecule has 0 unspecified atom stereocenters. The van der Waals surface area contributed by atoms with Crippen molar-refractivity contribution in [2.75, 3.05) is 0 Å². The highest BCUT2D eigenvalue weighted by atomic mass is 35.5. The third-order valence-electron chi connectivity index (χ3n) is 3.17. The summed E-state index contributed by atoms with van der Waals surface area (Å²) >= 11 is 12.3. The van der Waals surface area contributed by atoms with E-state index >= 15 is 0 Å². The van der Waals surface area contributed by atoms with Gasteiger partial charge in [-0.3, -0.25) is 0 Å². The predicted octanol–water partition coefficient (Wildman–Crippen LogP) is 5.16. The molecule has 0 amide bonds. The van der Waals surface area contributed by atoms with Gasteiger partial charge in [-0.25, -0.2) is 0 Å². The summed E-state index contributed by atoms with van der Waals surface area (Å²) in [5, 5.41) is 5.71. The quantitative estimate of drug-likeness (QED) is 0.669. The van der Waals surface area contributed by atoms with Crippen molar-refractivity contribution in [3.8, 4) is 11.3 Å². The lowest BCUT2D eigenvalue weighted by molar-refractivity contribution is 0.542. The van der Waals surface area contributed by atoms with Gasteiger partial charge in [-0.15, -0.1) is 0 Å². The van der Waals surface area contributed by atoms with Gasteiger partial charge in [-0.05, 0) is 31.5 Å². The standard InChI is InChI=1S/C15H14Cl2N2O/c1-3-4-13-15(11-6-5-10(16)8-12(11)17)19-14(20-13)7-9(2)18-19/h5-8H,3-4H2,1-2H3. The number of halogens is 2. The highest BCUT2D eigenvalue weighted by Crippen LogP contribution is 2.35. The Labute approximate surface area is 127 Å². The summed E-state index contributed by atoms with van der Waals surface area (Å²) in [6.07, 6.45) is 1.84. The van der Waals surface area contributed by atoms with Crippen LogP contribution in [0.25, 0.3) is 17.0 Å². The number of benzene rings is 1. The Morgan fingerprint density at radius 3 is 2.75 bits per heavy atom. The van der Waals surface area contributed by atoms with Gasteiger partial charge < -0.3 is 4.42 Å². The summed E-state index contributed by atoms with van der Waals surface area (Å²) in [5.41, 5.74) is 3.46. The second-order valence-electron chi connectivity index (χ2n) is 4.78. The van der Waals surface area contributed by atoms with E-state index in [2.05, 4.69) is 12.0 Å². The first kappa shape index (κ1) is 13.5. The lowest BCUT2D eigenvalue weighted by Crippen LogP contribution is -1.94. The van der Waals surface area contributed by atoms with Crippen LogP contribution in [-0.2, 0) is 6.42 Å². The van der Waals surface area contributed by atoms with E-state index in [1.54, 1.807) is 6.07 Å². The molecular formula is C15H14Cl2N2O. The van der Waals surface area contributed by atoms with Crippen LogP contribution in [0, 0.1) is 6.92 Å². The number of aryl methyl sites for hydroxylation is 2. The molecule has 5 heteroatoms. The summed E-state index contributed by atoms with van der Waals surface area (Å²) in [6, 6.07) is 7.40. The third kappa shape index (κ3) is 2.21. The van der Waals surface area contributed by atoms with Crippen LogP contribution in [-0.4, -0.2) is 9.61 Å². The maximum atomic E-state index is 6.33. The molecular weight excluding hydrogens is 295 g/mol. The van der Waals surface area contributed by atoms with E-state index < -0.39 is 0 Å². The van der Waals surface area contributed by atoms with Crippen LogP contribution in [0.5, 0.6) is 0 Å². The van der Waals surface area contributed by atoms with Crippen LogP contribution in [0.1, 0.15) is 24.8 Å². The van der Waals surface area contributed by atoms with Crippen LogP contribution < -0.4 is 0 Å². The zero-order valence-electron chi connectivity index (χ0n) is 11.3. The normalized spacial score (nSPS) is 11.4. The first-order valence-electron chi connectivity index (χ1n) is 6.53. The number of hydrogen-bond acceptors (Lipinski definition) is 2. The van der Waals surface area contributed by atoms with Crippen molar-refractivity contribution >= 4 is 28.9 Å². The smallest absolute Gasteiger partial charge is 0.222 e. The number of fused-ring (bicyclic) bond motifs is 1. The van der Waals surface area contributed by atoms with Gasteiger partial charge in [0.15, 0.2) is 0 Å². The molecule has 0 spiro atoms. The topological polar surface area (TPSA) is 30.4 Å². The molecule has 20 heavy (non-hydrogen) atoms. The van der Waals surface area contributed by atoms with Gasteiger partial charge in [-0.2, -0.15) is 9.61 Å². The van der Waals surface area contributed by atoms with Gasteiger partial charge in [0.05, 0.1) is 10.7 Å². The zero-order chi connectivity index (χ0) is 14.3. The summed E-state index contributed by atoms with van der Waals surface area (Å²) in [4.78, 5) is 0. The number of aromatic nitrogens is 2. The van der Waals surface area contributed by atoms with E-state index in [9.17, 15) is 0 Å². The van der Waals surface area contributed by atoms with Gasteiger partial charge in [0.25, 0.3) is 0 Å². The maximum Gasteiger partial charge on any atom is 0.222 e. The second-order valence-corrected chi connectivity index (χ2v) is 5.63. The minimum Gasteiger partial charge on any atom is -0.441 e. The van der Waals surface area contributed by atoms with Crippen molar-refractivity contribution in [1.82, 2.24) is 9.61 Å². The summed E-state index contributed by atoms with van der Waals surface area (Å²) in [5.74, 6) is 0.902. The molecule has 3 rings (SSSR count). The first-order valence-corrected chi connectivity index (χ1v) is 7.29. The van der Waals surface area contributed by atoms with Crippen LogP contribution in [0.2, 0.25) is 10.0 Å². The second kappa shape index (κ2) is 5.15. The van der Waals surface area contributed by atoms with Crippen molar-refractivity contribution in [2.24, 2.45) is 0 Å². The van der Waals surface area contributed by atoms with Gasteiger partial charge in [0.1, 0.15) is 11.5 Å². The van der Waals surface area contributed by atoms with Crippen LogP contribution >= 0.6 is 23.2 Å². The summed E-state index contributed by atoms with van der Waals surface area (Å²) in [7, 11) is 0. The molecule has 0 aliphatic carbocycles. The van der Waals surface area contributed by atoms with Gasteiger partial charge in [0, 0.05) is 23.1 Å². The molecule has 3 nitrogen and oxygen atoms in total. The molecule has 104 valence electrons. The van der Waals surface area contributed by atoms with Gasteiger partial charge in [-0.1, -0.05) is 30.1 Å². The Balaban J connectivity index is 2.28. The van der Waals surface area contributed by atoms with E-state index in [-0.39, 0.29) is 0 Å². The number of hydrogen-bond donors (Lipinski definition) is 0. The Bertz CT molecular complexity index is 774. The van der Waals surface area contributed by atoms with Gasteiger partial charge in [0.2, 0.25) is 5.71 Å². The highest BCUT2D eigenvalue weighted by Gasteiger charge is 2.19. The SMILES string of the molecule is CCCc1oc2cc(C)nn2c1-c1ccc(Cl)cc1Cl. The molecule has 0 saturated heterocycles. The molecule has 0 radical (unpaired) electrons. The molecule has 2 aromatic heterocycles. The lowest BCUT2D eigenvalue weighted by Gasteiger charge is -2.05. The summed E-state index contributed by atoms with van der Waals surface area (Å²) < 4.78 is 7.72. The maximum absolute atomic E-state index is 6.33. The van der Waals surface area contributed by atoms with E-state index in [4.69, 9.17) is 27.6 Å². The Morgan fingerprint density at radius 1 is 1.25 bits per heavy atom. The molecule has 3 aromatic rings. The van der Waals surface area contributed by atoms with Crippen molar-refractivity contribution in [2.45, 2.75) is 26.7 Å². The number of oxazole rings is 1. The number of rotatable bonds is 3. The predicted molar refractivity (Wildman–Crippen MR) is 81.6 cm³/mol.